The topological polar surface area (TPSA) is 50.7 Å². The van der Waals surface area contributed by atoms with Gasteiger partial charge in [-0.15, -0.1) is 0 Å². The van der Waals surface area contributed by atoms with Crippen molar-refractivity contribution in [3.05, 3.63) is 35.9 Å². The van der Waals surface area contributed by atoms with Crippen LogP contribution in [0.25, 0.3) is 0 Å². The van der Waals surface area contributed by atoms with Gasteiger partial charge in [0, 0.05) is 30.5 Å². The highest BCUT2D eigenvalue weighted by molar-refractivity contribution is 7.09. The van der Waals surface area contributed by atoms with Crippen LogP contribution in [0, 0.1) is 6.92 Å². The molecule has 0 atom stereocenters. The van der Waals surface area contributed by atoms with E-state index < -0.39 is 0 Å². The van der Waals surface area contributed by atoms with Gasteiger partial charge in [-0.1, -0.05) is 6.07 Å². The van der Waals surface area contributed by atoms with Gasteiger partial charge >= 0.3 is 0 Å². The number of nitrogens with one attached hydrogen (secondary N) is 1. The van der Waals surface area contributed by atoms with Crippen LogP contribution >= 0.6 is 11.5 Å². The van der Waals surface area contributed by atoms with Crippen molar-refractivity contribution in [1.29, 1.82) is 0 Å². The molecule has 0 aliphatic heterocycles. The van der Waals surface area contributed by atoms with Crippen molar-refractivity contribution in [2.75, 3.05) is 11.9 Å². The Morgan fingerprint density at radius 2 is 2.40 bits per heavy atom. The van der Waals surface area contributed by atoms with E-state index >= 15 is 0 Å². The molecule has 2 aromatic rings. The first-order valence-electron chi connectivity index (χ1n) is 4.78. The van der Waals surface area contributed by atoms with Gasteiger partial charge in [0.25, 0.3) is 0 Å². The van der Waals surface area contributed by atoms with Crippen LogP contribution in [0.3, 0.4) is 0 Å². The first-order chi connectivity index (χ1) is 7.34. The molecular formula is C10H12N4S. The lowest BCUT2D eigenvalue weighted by Gasteiger charge is -2.01. The maximum atomic E-state index is 4.22. The molecule has 15 heavy (non-hydrogen) atoms. The molecule has 2 heterocycles. The van der Waals surface area contributed by atoms with E-state index in [1.807, 2.05) is 19.2 Å². The molecule has 1 N–H and O–H groups in total. The van der Waals surface area contributed by atoms with Crippen molar-refractivity contribution in [3.8, 4) is 0 Å². The van der Waals surface area contributed by atoms with Crippen LogP contribution in [0.1, 0.15) is 11.4 Å². The van der Waals surface area contributed by atoms with Gasteiger partial charge in [-0.05, 0) is 25.0 Å². The van der Waals surface area contributed by atoms with E-state index in [-0.39, 0.29) is 0 Å². The number of aryl methyl sites for hydroxylation is 1. The summed E-state index contributed by atoms with van der Waals surface area (Å²) in [5.74, 6) is 0.823. The summed E-state index contributed by atoms with van der Waals surface area (Å²) in [5.41, 5.74) is 1.23. The lowest BCUT2D eigenvalue weighted by molar-refractivity contribution is 0.997. The largest absolute Gasteiger partial charge is 0.360 e. The highest BCUT2D eigenvalue weighted by Gasteiger charge is 1.98. The molecular weight excluding hydrogens is 208 g/mol. The Labute approximate surface area is 92.6 Å². The van der Waals surface area contributed by atoms with Crippen molar-refractivity contribution >= 4 is 16.7 Å². The molecule has 78 valence electrons. The number of nitrogens with zero attached hydrogens (tertiary/aromatic N) is 3. The molecule has 0 saturated heterocycles. The molecule has 0 aliphatic rings. The van der Waals surface area contributed by atoms with Crippen molar-refractivity contribution < 1.29 is 0 Å². The number of anilines is 1. The SMILES string of the molecule is Cc1nsc(NCCc2cccnc2)n1. The van der Waals surface area contributed by atoms with Crippen molar-refractivity contribution in [3.63, 3.8) is 0 Å². The van der Waals surface area contributed by atoms with Gasteiger partial charge in [0.05, 0.1) is 0 Å². The van der Waals surface area contributed by atoms with Gasteiger partial charge in [-0.2, -0.15) is 4.37 Å². The lowest BCUT2D eigenvalue weighted by atomic mass is 10.2. The predicted molar refractivity (Wildman–Crippen MR) is 61.1 cm³/mol. The fraction of sp³-hybridized carbons (Fsp3) is 0.300. The number of pyridine rings is 1. The van der Waals surface area contributed by atoms with Gasteiger partial charge < -0.3 is 5.32 Å². The zero-order valence-electron chi connectivity index (χ0n) is 8.47. The van der Waals surface area contributed by atoms with Gasteiger partial charge in [-0.25, -0.2) is 4.98 Å². The van der Waals surface area contributed by atoms with Crippen LogP contribution in [0.15, 0.2) is 24.5 Å². The fourth-order valence-corrected chi connectivity index (χ4v) is 1.83. The van der Waals surface area contributed by atoms with Crippen LogP contribution in [0.4, 0.5) is 5.13 Å². The minimum Gasteiger partial charge on any atom is -0.360 e. The van der Waals surface area contributed by atoms with Crippen LogP contribution < -0.4 is 5.32 Å². The number of hydrogen-bond acceptors (Lipinski definition) is 5. The van der Waals surface area contributed by atoms with Gasteiger partial charge in [-0.3, -0.25) is 4.98 Å². The second-order valence-electron chi connectivity index (χ2n) is 3.18. The summed E-state index contributed by atoms with van der Waals surface area (Å²) in [5, 5.41) is 4.12. The molecule has 0 aromatic carbocycles. The second-order valence-corrected chi connectivity index (χ2v) is 3.94. The summed E-state index contributed by atoms with van der Waals surface area (Å²) in [4.78, 5) is 8.28. The maximum Gasteiger partial charge on any atom is 0.202 e. The van der Waals surface area contributed by atoms with Crippen molar-refractivity contribution in [2.45, 2.75) is 13.3 Å². The number of aromatic nitrogens is 3. The second kappa shape index (κ2) is 4.84. The van der Waals surface area contributed by atoms with E-state index in [0.717, 1.165) is 23.9 Å². The molecule has 0 aliphatic carbocycles. The van der Waals surface area contributed by atoms with Crippen LogP contribution in [-0.2, 0) is 6.42 Å². The number of hydrogen-bond donors (Lipinski definition) is 1. The highest BCUT2D eigenvalue weighted by atomic mass is 32.1. The average Bonchev–Trinajstić information content (AvgIpc) is 2.66. The molecule has 0 bridgehead atoms. The minimum atomic E-state index is 0.823. The third kappa shape index (κ3) is 2.99. The normalized spacial score (nSPS) is 10.2. The molecule has 2 rings (SSSR count). The van der Waals surface area contributed by atoms with Crippen LogP contribution in [0.2, 0.25) is 0 Å². The van der Waals surface area contributed by atoms with Crippen molar-refractivity contribution in [1.82, 2.24) is 14.3 Å². The van der Waals surface area contributed by atoms with Gasteiger partial charge in [0.2, 0.25) is 5.13 Å². The molecule has 5 heteroatoms. The Balaban J connectivity index is 1.80. The summed E-state index contributed by atoms with van der Waals surface area (Å²) < 4.78 is 4.10. The van der Waals surface area contributed by atoms with E-state index in [1.54, 1.807) is 6.20 Å². The average molecular weight is 220 g/mol. The molecule has 0 saturated carbocycles. The predicted octanol–water partition coefficient (Wildman–Crippen LogP) is 1.90. The van der Waals surface area contributed by atoms with E-state index in [4.69, 9.17) is 0 Å². The van der Waals surface area contributed by atoms with E-state index in [0.29, 0.717) is 0 Å². The summed E-state index contributed by atoms with van der Waals surface area (Å²) >= 11 is 1.40. The van der Waals surface area contributed by atoms with E-state index in [1.165, 1.54) is 17.1 Å². The van der Waals surface area contributed by atoms with Crippen LogP contribution in [0.5, 0.6) is 0 Å². The Bertz CT molecular complexity index is 412. The highest BCUT2D eigenvalue weighted by Crippen LogP contribution is 2.09. The Hall–Kier alpha value is -1.49. The molecule has 0 unspecified atom stereocenters. The monoisotopic (exact) mass is 220 g/mol. The Morgan fingerprint density at radius 3 is 3.07 bits per heavy atom. The molecule has 4 nitrogen and oxygen atoms in total. The zero-order chi connectivity index (χ0) is 10.5. The smallest absolute Gasteiger partial charge is 0.202 e. The standard InChI is InChI=1S/C10H12N4S/c1-8-13-10(15-14-8)12-6-4-9-3-2-5-11-7-9/h2-3,5,7H,4,6H2,1H3,(H,12,13,14). The quantitative estimate of drug-likeness (QED) is 0.855. The van der Waals surface area contributed by atoms with Gasteiger partial charge in [0.1, 0.15) is 5.82 Å². The molecule has 0 spiro atoms. The lowest BCUT2D eigenvalue weighted by Crippen LogP contribution is -2.04. The third-order valence-corrected chi connectivity index (χ3v) is 2.70. The molecule has 0 radical (unpaired) electrons. The van der Waals surface area contributed by atoms with Crippen LogP contribution in [-0.4, -0.2) is 20.9 Å². The van der Waals surface area contributed by atoms with E-state index in [9.17, 15) is 0 Å². The maximum absolute atomic E-state index is 4.22. The fourth-order valence-electron chi connectivity index (χ4n) is 1.23. The van der Waals surface area contributed by atoms with E-state index in [2.05, 4.69) is 25.7 Å². The molecule has 2 aromatic heterocycles. The molecule has 0 fully saturated rings. The summed E-state index contributed by atoms with van der Waals surface area (Å²) in [6.45, 7) is 2.75. The zero-order valence-corrected chi connectivity index (χ0v) is 9.29. The first kappa shape index (κ1) is 10.0. The summed E-state index contributed by atoms with van der Waals surface area (Å²) in [6.07, 6.45) is 4.62. The Kier molecular flexibility index (Phi) is 3.24. The minimum absolute atomic E-state index is 0.823. The Morgan fingerprint density at radius 1 is 1.47 bits per heavy atom. The summed E-state index contributed by atoms with van der Waals surface area (Å²) in [7, 11) is 0. The third-order valence-electron chi connectivity index (χ3n) is 1.94. The summed E-state index contributed by atoms with van der Waals surface area (Å²) in [6, 6.07) is 4.02. The number of rotatable bonds is 4. The van der Waals surface area contributed by atoms with Crippen molar-refractivity contribution in [2.24, 2.45) is 0 Å². The molecule has 0 amide bonds. The van der Waals surface area contributed by atoms with Gasteiger partial charge in [0.15, 0.2) is 0 Å². The first-order valence-corrected chi connectivity index (χ1v) is 5.55.